The maximum Gasteiger partial charge on any atom is 0.196 e. The average molecular weight is 473 g/mol. The lowest BCUT2D eigenvalue weighted by Gasteiger charge is -2.15. The number of nitrogens with one attached hydrogen (secondary N) is 1. The van der Waals surface area contributed by atoms with Gasteiger partial charge in [0, 0.05) is 36.3 Å². The molecule has 0 saturated heterocycles. The Labute approximate surface area is 204 Å². The zero-order valence-electron chi connectivity index (χ0n) is 19.8. The van der Waals surface area contributed by atoms with Crippen LogP contribution in [-0.2, 0) is 0 Å². The highest BCUT2D eigenvalue weighted by Crippen LogP contribution is 2.38. The molecule has 4 aromatic rings. The van der Waals surface area contributed by atoms with Gasteiger partial charge < -0.3 is 24.6 Å². The summed E-state index contributed by atoms with van der Waals surface area (Å²) in [5, 5.41) is 12.7. The number of hydrogen-bond acceptors (Lipinski definition) is 7. The Balaban J connectivity index is 1.65. The number of methoxy groups -OCH3 is 1. The maximum absolute atomic E-state index is 13.2. The standard InChI is InChI=1S/C28H28N2O5/c1-19-8-9-24(22(16-19)28(32)20-6-4-3-5-7-20)35-25-10-11-30-23-18-27(26(33-2)17-21(23)25)34-15-13-29-12-14-31/h3-11,16-18,29,31H,12-15H2,1-2H3. The van der Waals surface area contributed by atoms with Crippen molar-refractivity contribution in [3.05, 3.63) is 89.6 Å². The molecular weight excluding hydrogens is 444 g/mol. The Kier molecular flexibility index (Phi) is 7.92. The van der Waals surface area contributed by atoms with Crippen LogP contribution >= 0.6 is 0 Å². The molecule has 0 atom stereocenters. The third kappa shape index (κ3) is 5.77. The van der Waals surface area contributed by atoms with Gasteiger partial charge in [-0.15, -0.1) is 0 Å². The third-order valence-corrected chi connectivity index (χ3v) is 5.45. The molecule has 1 heterocycles. The van der Waals surface area contributed by atoms with E-state index in [1.807, 2.05) is 49.4 Å². The van der Waals surface area contributed by atoms with Gasteiger partial charge >= 0.3 is 0 Å². The fourth-order valence-corrected chi connectivity index (χ4v) is 3.70. The molecule has 7 nitrogen and oxygen atoms in total. The molecule has 0 aliphatic rings. The van der Waals surface area contributed by atoms with Crippen molar-refractivity contribution in [2.75, 3.05) is 33.4 Å². The summed E-state index contributed by atoms with van der Waals surface area (Å²) < 4.78 is 17.7. The average Bonchev–Trinajstić information content (AvgIpc) is 2.89. The number of fused-ring (bicyclic) bond motifs is 1. The van der Waals surface area contributed by atoms with E-state index < -0.39 is 0 Å². The number of hydrogen-bond donors (Lipinski definition) is 2. The zero-order chi connectivity index (χ0) is 24.6. The van der Waals surface area contributed by atoms with Crippen LogP contribution in [0.4, 0.5) is 0 Å². The van der Waals surface area contributed by atoms with Crippen LogP contribution in [0.25, 0.3) is 10.9 Å². The second-order valence-corrected chi connectivity index (χ2v) is 7.95. The lowest BCUT2D eigenvalue weighted by Crippen LogP contribution is -2.24. The molecule has 0 spiro atoms. The van der Waals surface area contributed by atoms with E-state index in [1.165, 1.54) is 0 Å². The second kappa shape index (κ2) is 11.5. The van der Waals surface area contributed by atoms with Gasteiger partial charge in [-0.1, -0.05) is 42.0 Å². The molecule has 1 aromatic heterocycles. The minimum absolute atomic E-state index is 0.0750. The Hall–Kier alpha value is -3.94. The number of nitrogens with zero attached hydrogens (tertiary/aromatic N) is 1. The van der Waals surface area contributed by atoms with Crippen molar-refractivity contribution in [3.63, 3.8) is 0 Å². The normalized spacial score (nSPS) is 10.8. The Morgan fingerprint density at radius 1 is 0.943 bits per heavy atom. The number of carbonyl (C=O) groups excluding carboxylic acids is 1. The van der Waals surface area contributed by atoms with Crippen LogP contribution in [0.15, 0.2) is 72.9 Å². The smallest absolute Gasteiger partial charge is 0.196 e. The number of ketones is 1. The van der Waals surface area contributed by atoms with E-state index in [9.17, 15) is 4.79 Å². The van der Waals surface area contributed by atoms with E-state index in [-0.39, 0.29) is 12.4 Å². The fraction of sp³-hybridized carbons (Fsp3) is 0.214. The third-order valence-electron chi connectivity index (χ3n) is 5.45. The van der Waals surface area contributed by atoms with Crippen LogP contribution < -0.4 is 19.5 Å². The van der Waals surface area contributed by atoms with Gasteiger partial charge in [0.1, 0.15) is 18.1 Å². The highest BCUT2D eigenvalue weighted by Gasteiger charge is 2.18. The molecule has 0 saturated carbocycles. The lowest BCUT2D eigenvalue weighted by molar-refractivity contribution is 0.103. The summed E-state index contributed by atoms with van der Waals surface area (Å²) in [5.41, 5.74) is 2.72. The Morgan fingerprint density at radius 3 is 2.54 bits per heavy atom. The van der Waals surface area contributed by atoms with Crippen molar-refractivity contribution < 1.29 is 24.1 Å². The summed E-state index contributed by atoms with van der Waals surface area (Å²) >= 11 is 0. The number of aliphatic hydroxyl groups is 1. The van der Waals surface area contributed by atoms with Crippen molar-refractivity contribution >= 4 is 16.7 Å². The van der Waals surface area contributed by atoms with Crippen LogP contribution in [0, 0.1) is 6.92 Å². The SMILES string of the molecule is COc1cc2c(Oc3ccc(C)cc3C(=O)c3ccccc3)ccnc2cc1OCCNCCO. The van der Waals surface area contributed by atoms with Gasteiger partial charge in [-0.2, -0.15) is 0 Å². The van der Waals surface area contributed by atoms with Gasteiger partial charge in [-0.25, -0.2) is 0 Å². The van der Waals surface area contributed by atoms with Gasteiger partial charge in [0.15, 0.2) is 17.3 Å². The van der Waals surface area contributed by atoms with Crippen molar-refractivity contribution in [1.82, 2.24) is 10.3 Å². The Bertz CT molecular complexity index is 1310. The molecule has 0 aliphatic carbocycles. The van der Waals surface area contributed by atoms with Crippen LogP contribution in [0.1, 0.15) is 21.5 Å². The number of aromatic nitrogens is 1. The number of aliphatic hydroxyl groups excluding tert-OH is 1. The summed E-state index contributed by atoms with van der Waals surface area (Å²) in [6, 6.07) is 20.1. The molecule has 180 valence electrons. The van der Waals surface area contributed by atoms with Crippen LogP contribution in [0.3, 0.4) is 0 Å². The van der Waals surface area contributed by atoms with Gasteiger partial charge in [-0.05, 0) is 31.2 Å². The van der Waals surface area contributed by atoms with E-state index in [4.69, 9.17) is 19.3 Å². The van der Waals surface area contributed by atoms with Gasteiger partial charge in [0.2, 0.25) is 0 Å². The van der Waals surface area contributed by atoms with Crippen LogP contribution in [-0.4, -0.2) is 49.3 Å². The first-order valence-corrected chi connectivity index (χ1v) is 11.4. The van der Waals surface area contributed by atoms with Crippen molar-refractivity contribution in [2.24, 2.45) is 0 Å². The first-order chi connectivity index (χ1) is 17.1. The number of carbonyl (C=O) groups is 1. The molecule has 0 amide bonds. The van der Waals surface area contributed by atoms with Crippen LogP contribution in [0.5, 0.6) is 23.0 Å². The minimum Gasteiger partial charge on any atom is -0.493 e. The topological polar surface area (TPSA) is 89.9 Å². The van der Waals surface area contributed by atoms with Crippen molar-refractivity contribution in [2.45, 2.75) is 6.92 Å². The molecule has 0 fully saturated rings. The molecular formula is C28H28N2O5. The summed E-state index contributed by atoms with van der Waals surface area (Å²) in [6.45, 7) is 3.52. The monoisotopic (exact) mass is 472 g/mol. The minimum atomic E-state index is -0.106. The summed E-state index contributed by atoms with van der Waals surface area (Å²) in [6.07, 6.45) is 1.66. The predicted molar refractivity (Wildman–Crippen MR) is 135 cm³/mol. The predicted octanol–water partition coefficient (Wildman–Crippen LogP) is 4.54. The van der Waals surface area contributed by atoms with E-state index in [0.717, 1.165) is 10.9 Å². The van der Waals surface area contributed by atoms with Gasteiger partial charge in [0.05, 0.1) is 24.8 Å². The van der Waals surface area contributed by atoms with Crippen molar-refractivity contribution in [3.8, 4) is 23.0 Å². The molecule has 4 rings (SSSR count). The quantitative estimate of drug-likeness (QED) is 0.245. The molecule has 7 heteroatoms. The van der Waals surface area contributed by atoms with Crippen molar-refractivity contribution in [1.29, 1.82) is 0 Å². The van der Waals surface area contributed by atoms with E-state index in [2.05, 4.69) is 10.3 Å². The molecule has 0 aliphatic heterocycles. The molecule has 2 N–H and O–H groups in total. The summed E-state index contributed by atoms with van der Waals surface area (Å²) in [4.78, 5) is 17.7. The van der Waals surface area contributed by atoms with E-state index in [0.29, 0.717) is 59.3 Å². The van der Waals surface area contributed by atoms with E-state index >= 15 is 0 Å². The fourth-order valence-electron chi connectivity index (χ4n) is 3.70. The summed E-state index contributed by atoms with van der Waals surface area (Å²) in [7, 11) is 1.57. The molecule has 0 unspecified atom stereocenters. The molecule has 0 radical (unpaired) electrons. The van der Waals surface area contributed by atoms with Crippen LogP contribution in [0.2, 0.25) is 0 Å². The number of rotatable bonds is 11. The highest BCUT2D eigenvalue weighted by atomic mass is 16.5. The molecule has 0 bridgehead atoms. The first kappa shape index (κ1) is 24.2. The lowest BCUT2D eigenvalue weighted by atomic mass is 10.0. The second-order valence-electron chi connectivity index (χ2n) is 7.95. The number of ether oxygens (including phenoxy) is 3. The maximum atomic E-state index is 13.2. The highest BCUT2D eigenvalue weighted by molar-refractivity contribution is 6.11. The Morgan fingerprint density at radius 2 is 1.77 bits per heavy atom. The van der Waals surface area contributed by atoms with Gasteiger partial charge in [0.25, 0.3) is 0 Å². The number of aryl methyl sites for hydroxylation is 1. The molecule has 35 heavy (non-hydrogen) atoms. The first-order valence-electron chi connectivity index (χ1n) is 11.4. The number of pyridine rings is 1. The zero-order valence-corrected chi connectivity index (χ0v) is 19.8. The van der Waals surface area contributed by atoms with E-state index in [1.54, 1.807) is 37.6 Å². The van der Waals surface area contributed by atoms with Gasteiger partial charge in [-0.3, -0.25) is 9.78 Å². The summed E-state index contributed by atoms with van der Waals surface area (Å²) in [5.74, 6) is 2.01. The largest absolute Gasteiger partial charge is 0.493 e. The molecule has 3 aromatic carbocycles. The number of benzene rings is 3.